The molecular formula is C11H15NO4. The minimum Gasteiger partial charge on any atom is -0.480 e. The number of nitrogens with zero attached hydrogens (tertiary/aromatic N) is 1. The average molecular weight is 225 g/mol. The molecule has 1 aromatic heterocycles. The fourth-order valence-electron chi connectivity index (χ4n) is 1.88. The van der Waals surface area contributed by atoms with Crippen molar-refractivity contribution in [1.82, 2.24) is 4.90 Å². The molecule has 2 heterocycles. The molecule has 1 aliphatic heterocycles. The lowest BCUT2D eigenvalue weighted by molar-refractivity contribution is -0.145. The standard InChI is InChI=1S/C11H15NO4/c13-11(14)10(8-9-2-1-5-16-9)12-3-6-15-7-4-12/h1-2,5,10H,3-4,6-8H2,(H,13,14). The maximum Gasteiger partial charge on any atom is 0.321 e. The second-order valence-corrected chi connectivity index (χ2v) is 3.79. The van der Waals surface area contributed by atoms with Gasteiger partial charge in [-0.1, -0.05) is 0 Å². The first-order chi connectivity index (χ1) is 7.77. The third kappa shape index (κ3) is 2.62. The Bertz CT molecular complexity index is 330. The summed E-state index contributed by atoms with van der Waals surface area (Å²) < 4.78 is 10.4. The highest BCUT2D eigenvalue weighted by Crippen LogP contribution is 2.11. The van der Waals surface area contributed by atoms with E-state index in [1.165, 1.54) is 0 Å². The predicted molar refractivity (Wildman–Crippen MR) is 56.2 cm³/mol. The quantitative estimate of drug-likeness (QED) is 0.813. The Morgan fingerprint density at radius 1 is 1.50 bits per heavy atom. The van der Waals surface area contributed by atoms with E-state index in [-0.39, 0.29) is 0 Å². The van der Waals surface area contributed by atoms with Crippen LogP contribution >= 0.6 is 0 Å². The van der Waals surface area contributed by atoms with Crippen LogP contribution in [0.5, 0.6) is 0 Å². The van der Waals surface area contributed by atoms with Crippen molar-refractivity contribution in [2.24, 2.45) is 0 Å². The number of furan rings is 1. The van der Waals surface area contributed by atoms with Crippen LogP contribution in [0.25, 0.3) is 0 Å². The number of carboxylic acid groups (broad SMARTS) is 1. The van der Waals surface area contributed by atoms with Crippen molar-refractivity contribution in [3.63, 3.8) is 0 Å². The maximum absolute atomic E-state index is 11.2. The van der Waals surface area contributed by atoms with Gasteiger partial charge in [-0.25, -0.2) is 0 Å². The number of ether oxygens (including phenoxy) is 1. The van der Waals surface area contributed by atoms with E-state index in [1.54, 1.807) is 18.4 Å². The van der Waals surface area contributed by atoms with Gasteiger partial charge in [0.2, 0.25) is 0 Å². The lowest BCUT2D eigenvalue weighted by Gasteiger charge is -2.31. The van der Waals surface area contributed by atoms with E-state index in [0.29, 0.717) is 38.5 Å². The molecule has 0 aromatic carbocycles. The van der Waals surface area contributed by atoms with Crippen LogP contribution in [0.15, 0.2) is 22.8 Å². The molecule has 5 nitrogen and oxygen atoms in total. The van der Waals surface area contributed by atoms with E-state index in [0.717, 1.165) is 0 Å². The van der Waals surface area contributed by atoms with E-state index in [9.17, 15) is 9.90 Å². The lowest BCUT2D eigenvalue weighted by Crippen LogP contribution is -2.48. The molecule has 0 saturated carbocycles. The van der Waals surface area contributed by atoms with Gasteiger partial charge in [-0.2, -0.15) is 0 Å². The second kappa shape index (κ2) is 5.14. The topological polar surface area (TPSA) is 62.9 Å². The number of hydrogen-bond acceptors (Lipinski definition) is 4. The number of carbonyl (C=O) groups is 1. The fraction of sp³-hybridized carbons (Fsp3) is 0.545. The summed E-state index contributed by atoms with van der Waals surface area (Å²) in [5.74, 6) is -0.0998. The molecule has 0 spiro atoms. The van der Waals surface area contributed by atoms with Gasteiger partial charge in [0.05, 0.1) is 19.5 Å². The van der Waals surface area contributed by atoms with E-state index in [4.69, 9.17) is 9.15 Å². The van der Waals surface area contributed by atoms with E-state index < -0.39 is 12.0 Å². The highest BCUT2D eigenvalue weighted by Gasteiger charge is 2.27. The number of carboxylic acids is 1. The van der Waals surface area contributed by atoms with Crippen molar-refractivity contribution in [1.29, 1.82) is 0 Å². The van der Waals surface area contributed by atoms with Gasteiger partial charge >= 0.3 is 5.97 Å². The largest absolute Gasteiger partial charge is 0.480 e. The summed E-state index contributed by atoms with van der Waals surface area (Å²) in [4.78, 5) is 13.1. The molecule has 0 amide bonds. The van der Waals surface area contributed by atoms with Crippen LogP contribution < -0.4 is 0 Å². The van der Waals surface area contributed by atoms with Crippen LogP contribution in [0.1, 0.15) is 5.76 Å². The van der Waals surface area contributed by atoms with Gasteiger partial charge in [0.25, 0.3) is 0 Å². The molecule has 1 aliphatic rings. The van der Waals surface area contributed by atoms with E-state index in [1.807, 2.05) is 4.90 Å². The minimum atomic E-state index is -0.807. The minimum absolute atomic E-state index is 0.405. The van der Waals surface area contributed by atoms with Gasteiger partial charge < -0.3 is 14.3 Å². The molecule has 1 aromatic rings. The Kier molecular flexibility index (Phi) is 3.58. The lowest BCUT2D eigenvalue weighted by atomic mass is 10.1. The number of rotatable bonds is 4. The molecule has 1 N–H and O–H groups in total. The van der Waals surface area contributed by atoms with Crippen molar-refractivity contribution in [3.05, 3.63) is 24.2 Å². The van der Waals surface area contributed by atoms with Crippen LogP contribution in [-0.2, 0) is 16.0 Å². The Morgan fingerprint density at radius 2 is 2.25 bits per heavy atom. The van der Waals surface area contributed by atoms with Crippen LogP contribution in [0.3, 0.4) is 0 Å². The Labute approximate surface area is 93.6 Å². The van der Waals surface area contributed by atoms with E-state index >= 15 is 0 Å². The Hall–Kier alpha value is -1.33. The Balaban J connectivity index is 2.01. The summed E-state index contributed by atoms with van der Waals surface area (Å²) in [5, 5.41) is 9.20. The van der Waals surface area contributed by atoms with Crippen LogP contribution in [-0.4, -0.2) is 48.3 Å². The molecule has 1 unspecified atom stereocenters. The van der Waals surface area contributed by atoms with Crippen LogP contribution in [0.2, 0.25) is 0 Å². The maximum atomic E-state index is 11.2. The fourth-order valence-corrected chi connectivity index (χ4v) is 1.88. The van der Waals surface area contributed by atoms with Crippen LogP contribution in [0, 0.1) is 0 Å². The summed E-state index contributed by atoms with van der Waals surface area (Å²) >= 11 is 0. The summed E-state index contributed by atoms with van der Waals surface area (Å²) in [7, 11) is 0. The predicted octanol–water partition coefficient (Wildman–Crippen LogP) is 0.608. The van der Waals surface area contributed by atoms with Crippen molar-refractivity contribution in [2.75, 3.05) is 26.3 Å². The Morgan fingerprint density at radius 3 is 2.81 bits per heavy atom. The van der Waals surface area contributed by atoms with Gasteiger partial charge in [0, 0.05) is 19.5 Å². The SMILES string of the molecule is O=C(O)C(Cc1ccco1)N1CCOCC1. The highest BCUT2D eigenvalue weighted by atomic mass is 16.5. The number of morpholine rings is 1. The summed E-state index contributed by atoms with van der Waals surface area (Å²) in [5.41, 5.74) is 0. The van der Waals surface area contributed by atoms with Gasteiger partial charge in [-0.3, -0.25) is 9.69 Å². The monoisotopic (exact) mass is 225 g/mol. The highest BCUT2D eigenvalue weighted by molar-refractivity contribution is 5.73. The molecule has 2 rings (SSSR count). The van der Waals surface area contributed by atoms with Gasteiger partial charge in [-0.15, -0.1) is 0 Å². The van der Waals surface area contributed by atoms with Crippen molar-refractivity contribution >= 4 is 5.97 Å². The third-order valence-corrected chi connectivity index (χ3v) is 2.75. The zero-order valence-corrected chi connectivity index (χ0v) is 8.96. The van der Waals surface area contributed by atoms with E-state index in [2.05, 4.69) is 0 Å². The molecular weight excluding hydrogens is 210 g/mol. The average Bonchev–Trinajstić information content (AvgIpc) is 2.79. The summed E-state index contributed by atoms with van der Waals surface area (Å²) in [6.07, 6.45) is 1.97. The zero-order valence-electron chi connectivity index (χ0n) is 8.96. The molecule has 1 fully saturated rings. The first-order valence-electron chi connectivity index (χ1n) is 5.34. The molecule has 1 saturated heterocycles. The second-order valence-electron chi connectivity index (χ2n) is 3.79. The van der Waals surface area contributed by atoms with Crippen LogP contribution in [0.4, 0.5) is 0 Å². The van der Waals surface area contributed by atoms with Crippen molar-refractivity contribution in [2.45, 2.75) is 12.5 Å². The normalized spacial score (nSPS) is 19.5. The van der Waals surface area contributed by atoms with Gasteiger partial charge in [0.15, 0.2) is 0 Å². The zero-order chi connectivity index (χ0) is 11.4. The van der Waals surface area contributed by atoms with Gasteiger partial charge in [0.1, 0.15) is 11.8 Å². The molecule has 0 bridgehead atoms. The first-order valence-corrected chi connectivity index (χ1v) is 5.34. The molecule has 1 atom stereocenters. The number of aliphatic carboxylic acids is 1. The smallest absolute Gasteiger partial charge is 0.321 e. The van der Waals surface area contributed by atoms with Gasteiger partial charge in [-0.05, 0) is 12.1 Å². The molecule has 0 aliphatic carbocycles. The molecule has 5 heteroatoms. The molecule has 16 heavy (non-hydrogen) atoms. The molecule has 88 valence electrons. The first kappa shape index (κ1) is 11.2. The van der Waals surface area contributed by atoms with Crippen molar-refractivity contribution < 1.29 is 19.1 Å². The van der Waals surface area contributed by atoms with Crippen molar-refractivity contribution in [3.8, 4) is 0 Å². The summed E-state index contributed by atoms with van der Waals surface area (Å²) in [6, 6.07) is 3.05. The summed E-state index contributed by atoms with van der Waals surface area (Å²) in [6.45, 7) is 2.53. The third-order valence-electron chi connectivity index (χ3n) is 2.75. The number of hydrogen-bond donors (Lipinski definition) is 1. The molecule has 0 radical (unpaired) electrons.